The lowest BCUT2D eigenvalue weighted by Crippen LogP contribution is -2.17. The summed E-state index contributed by atoms with van der Waals surface area (Å²) in [7, 11) is 0. The summed E-state index contributed by atoms with van der Waals surface area (Å²) in [5, 5.41) is 3.36. The van der Waals surface area contributed by atoms with Crippen LogP contribution in [0, 0.1) is 0 Å². The predicted molar refractivity (Wildman–Crippen MR) is 115 cm³/mol. The van der Waals surface area contributed by atoms with E-state index in [2.05, 4.69) is 17.2 Å². The van der Waals surface area contributed by atoms with Crippen LogP contribution < -0.4 is 5.32 Å². The smallest absolute Gasteiger partial charge is 0.0964 e. The number of rotatable bonds is 20. The maximum Gasteiger partial charge on any atom is 0.0964 e. The zero-order chi connectivity index (χ0) is 18.5. The summed E-state index contributed by atoms with van der Waals surface area (Å²) >= 11 is 0. The normalized spacial score (nSPS) is 13.8. The zero-order valence-electron chi connectivity index (χ0n) is 17.7. The van der Waals surface area contributed by atoms with Gasteiger partial charge in [0, 0.05) is 26.2 Å². The van der Waals surface area contributed by atoms with E-state index in [-0.39, 0.29) is 0 Å². The van der Waals surface area contributed by atoms with Gasteiger partial charge in [-0.25, -0.2) is 0 Å². The van der Waals surface area contributed by atoms with E-state index in [1.54, 1.807) is 0 Å². The van der Waals surface area contributed by atoms with E-state index in [1.165, 1.54) is 115 Å². The SMILES string of the molecule is CCOCCCCCCCCCCCCCCCCCCC1=NCCN1. The fourth-order valence-corrected chi connectivity index (χ4v) is 3.73. The molecule has 0 bridgehead atoms. The Hall–Kier alpha value is -0.570. The number of nitrogens with one attached hydrogen (secondary N) is 1. The second-order valence-electron chi connectivity index (χ2n) is 7.86. The number of amidine groups is 1. The summed E-state index contributed by atoms with van der Waals surface area (Å²) in [6.07, 6.45) is 23.8. The minimum Gasteiger partial charge on any atom is -0.382 e. The second kappa shape index (κ2) is 19.2. The molecule has 0 unspecified atom stereocenters. The van der Waals surface area contributed by atoms with Gasteiger partial charge in [-0.3, -0.25) is 4.99 Å². The van der Waals surface area contributed by atoms with Crippen molar-refractivity contribution >= 4 is 5.84 Å². The molecular weight excluding hydrogens is 320 g/mol. The van der Waals surface area contributed by atoms with E-state index in [0.29, 0.717) is 0 Å². The van der Waals surface area contributed by atoms with Crippen molar-refractivity contribution in [2.75, 3.05) is 26.3 Å². The van der Waals surface area contributed by atoms with Crippen LogP contribution in [0.25, 0.3) is 0 Å². The Morgan fingerprint density at radius 1 is 0.692 bits per heavy atom. The molecule has 0 aromatic carbocycles. The molecule has 1 heterocycles. The molecule has 0 atom stereocenters. The summed E-state index contributed by atoms with van der Waals surface area (Å²) in [6.45, 7) is 5.96. The first kappa shape index (κ1) is 23.5. The molecule has 0 spiro atoms. The van der Waals surface area contributed by atoms with Gasteiger partial charge in [0.15, 0.2) is 0 Å². The zero-order valence-corrected chi connectivity index (χ0v) is 17.7. The number of nitrogens with zero attached hydrogens (tertiary/aromatic N) is 1. The van der Waals surface area contributed by atoms with Crippen LogP contribution in [-0.4, -0.2) is 32.1 Å². The number of hydrogen-bond donors (Lipinski definition) is 1. The summed E-state index contributed by atoms with van der Waals surface area (Å²) in [5.41, 5.74) is 0. The van der Waals surface area contributed by atoms with Gasteiger partial charge < -0.3 is 10.1 Å². The Balaban J connectivity index is 1.63. The molecule has 3 nitrogen and oxygen atoms in total. The van der Waals surface area contributed by atoms with Gasteiger partial charge in [-0.2, -0.15) is 0 Å². The summed E-state index contributed by atoms with van der Waals surface area (Å²) in [6, 6.07) is 0. The monoisotopic (exact) mass is 366 g/mol. The fraction of sp³-hybridized carbons (Fsp3) is 0.957. The van der Waals surface area contributed by atoms with Crippen LogP contribution in [0.5, 0.6) is 0 Å². The van der Waals surface area contributed by atoms with Crippen molar-refractivity contribution in [3.05, 3.63) is 0 Å². The molecule has 0 amide bonds. The molecule has 3 heteroatoms. The van der Waals surface area contributed by atoms with E-state index in [4.69, 9.17) is 4.74 Å². The maximum atomic E-state index is 5.37. The van der Waals surface area contributed by atoms with Crippen molar-refractivity contribution in [1.29, 1.82) is 0 Å². The van der Waals surface area contributed by atoms with Crippen LogP contribution in [0.4, 0.5) is 0 Å². The Morgan fingerprint density at radius 2 is 1.15 bits per heavy atom. The molecule has 0 aromatic heterocycles. The van der Waals surface area contributed by atoms with Crippen molar-refractivity contribution in [2.24, 2.45) is 4.99 Å². The first-order valence-electron chi connectivity index (χ1n) is 11.8. The molecule has 1 rings (SSSR count). The Kier molecular flexibility index (Phi) is 17.3. The summed E-state index contributed by atoms with van der Waals surface area (Å²) < 4.78 is 5.37. The summed E-state index contributed by atoms with van der Waals surface area (Å²) in [5.74, 6) is 1.26. The highest BCUT2D eigenvalue weighted by atomic mass is 16.5. The van der Waals surface area contributed by atoms with Crippen LogP contribution in [0.1, 0.15) is 116 Å². The molecule has 0 aliphatic carbocycles. The van der Waals surface area contributed by atoms with E-state index in [9.17, 15) is 0 Å². The third-order valence-corrected chi connectivity index (χ3v) is 5.40. The van der Waals surface area contributed by atoms with E-state index < -0.39 is 0 Å². The van der Waals surface area contributed by atoms with Crippen LogP contribution in [0.2, 0.25) is 0 Å². The lowest BCUT2D eigenvalue weighted by atomic mass is 10.0. The minimum atomic E-state index is 0.869. The second-order valence-corrected chi connectivity index (χ2v) is 7.86. The molecule has 154 valence electrons. The van der Waals surface area contributed by atoms with E-state index in [0.717, 1.165) is 26.3 Å². The molecule has 0 saturated heterocycles. The fourth-order valence-electron chi connectivity index (χ4n) is 3.73. The lowest BCUT2D eigenvalue weighted by molar-refractivity contribution is 0.143. The van der Waals surface area contributed by atoms with Gasteiger partial charge >= 0.3 is 0 Å². The van der Waals surface area contributed by atoms with E-state index in [1.807, 2.05) is 0 Å². The average Bonchev–Trinajstić information content (AvgIpc) is 3.17. The van der Waals surface area contributed by atoms with Crippen molar-refractivity contribution in [3.63, 3.8) is 0 Å². The van der Waals surface area contributed by atoms with Crippen LogP contribution in [0.15, 0.2) is 4.99 Å². The highest BCUT2D eigenvalue weighted by Gasteiger charge is 2.03. The molecule has 0 aromatic rings. The Bertz CT molecular complexity index is 317. The van der Waals surface area contributed by atoms with Gasteiger partial charge in [-0.1, -0.05) is 89.9 Å². The average molecular weight is 367 g/mol. The molecule has 0 saturated carbocycles. The number of ether oxygens (including phenoxy) is 1. The topological polar surface area (TPSA) is 33.6 Å². The molecule has 1 N–H and O–H groups in total. The van der Waals surface area contributed by atoms with Gasteiger partial charge in [0.2, 0.25) is 0 Å². The van der Waals surface area contributed by atoms with Crippen molar-refractivity contribution in [2.45, 2.75) is 116 Å². The van der Waals surface area contributed by atoms with Gasteiger partial charge in [-0.15, -0.1) is 0 Å². The van der Waals surface area contributed by atoms with Gasteiger partial charge in [-0.05, 0) is 19.8 Å². The van der Waals surface area contributed by atoms with Gasteiger partial charge in [0.05, 0.1) is 12.4 Å². The Labute approximate surface area is 163 Å². The van der Waals surface area contributed by atoms with E-state index >= 15 is 0 Å². The third-order valence-electron chi connectivity index (χ3n) is 5.40. The maximum absolute atomic E-state index is 5.37. The van der Waals surface area contributed by atoms with Crippen molar-refractivity contribution in [1.82, 2.24) is 5.32 Å². The quantitative estimate of drug-likeness (QED) is 0.244. The standard InChI is InChI=1S/C23H46N2O/c1-2-26-22-18-16-14-12-10-8-6-4-3-5-7-9-11-13-15-17-19-23-24-20-21-25-23/h2-22H2,1H3,(H,24,25). The highest BCUT2D eigenvalue weighted by molar-refractivity contribution is 5.83. The molecule has 1 aliphatic rings. The molecular formula is C23H46N2O. The number of hydrogen-bond acceptors (Lipinski definition) is 3. The molecule has 0 radical (unpaired) electrons. The summed E-state index contributed by atoms with van der Waals surface area (Å²) in [4.78, 5) is 4.45. The van der Waals surface area contributed by atoms with Gasteiger partial charge in [0.25, 0.3) is 0 Å². The first-order valence-corrected chi connectivity index (χ1v) is 11.8. The first-order chi connectivity index (χ1) is 12.9. The van der Waals surface area contributed by atoms with Crippen LogP contribution in [0.3, 0.4) is 0 Å². The largest absolute Gasteiger partial charge is 0.382 e. The molecule has 1 aliphatic heterocycles. The predicted octanol–water partition coefficient (Wildman–Crippen LogP) is 6.66. The van der Waals surface area contributed by atoms with Gasteiger partial charge in [0.1, 0.15) is 0 Å². The van der Waals surface area contributed by atoms with Crippen molar-refractivity contribution < 1.29 is 4.74 Å². The lowest BCUT2D eigenvalue weighted by Gasteiger charge is -2.04. The van der Waals surface area contributed by atoms with Crippen LogP contribution >= 0.6 is 0 Å². The highest BCUT2D eigenvalue weighted by Crippen LogP contribution is 2.14. The Morgan fingerprint density at radius 3 is 1.58 bits per heavy atom. The minimum absolute atomic E-state index is 0.869. The molecule has 26 heavy (non-hydrogen) atoms. The number of aliphatic imine (C=N–C) groups is 1. The van der Waals surface area contributed by atoms with Crippen molar-refractivity contribution in [3.8, 4) is 0 Å². The third kappa shape index (κ3) is 15.7. The number of unbranched alkanes of at least 4 members (excludes halogenated alkanes) is 15. The van der Waals surface area contributed by atoms with Crippen LogP contribution in [-0.2, 0) is 4.74 Å². The molecule has 0 fully saturated rings.